The molecule has 1 unspecified atom stereocenters. The molecular formula is C20H28O5. The maximum absolute atomic E-state index is 8.83. The van der Waals surface area contributed by atoms with E-state index in [0.717, 1.165) is 23.1 Å². The fourth-order valence-electron chi connectivity index (χ4n) is 2.22. The van der Waals surface area contributed by atoms with Gasteiger partial charge in [-0.15, -0.1) is 0 Å². The summed E-state index contributed by atoms with van der Waals surface area (Å²) >= 11 is 0. The van der Waals surface area contributed by atoms with Crippen LogP contribution >= 0.6 is 0 Å². The lowest BCUT2D eigenvalue weighted by molar-refractivity contribution is -0.269. The maximum Gasteiger partial charge on any atom is 0.161 e. The zero-order valence-electron chi connectivity index (χ0n) is 15.2. The van der Waals surface area contributed by atoms with Crippen LogP contribution in [0.3, 0.4) is 0 Å². The summed E-state index contributed by atoms with van der Waals surface area (Å²) in [5.74, 6) is 1.30. The second kappa shape index (κ2) is 11.5. The molecule has 0 radical (unpaired) electrons. The van der Waals surface area contributed by atoms with Crippen LogP contribution in [0.25, 0.3) is 6.08 Å². The molecule has 0 fully saturated rings. The molecule has 1 atom stereocenters. The van der Waals surface area contributed by atoms with Gasteiger partial charge in [0.2, 0.25) is 0 Å². The number of benzene rings is 1. The average molecular weight is 348 g/mol. The van der Waals surface area contributed by atoms with Crippen molar-refractivity contribution in [1.29, 1.82) is 0 Å². The largest absolute Gasteiger partial charge is 0.493 e. The number of hydrogen-bond acceptors (Lipinski definition) is 5. The Morgan fingerprint density at radius 1 is 1.28 bits per heavy atom. The van der Waals surface area contributed by atoms with Crippen LogP contribution in [0, 0.1) is 0 Å². The zero-order chi connectivity index (χ0) is 18.7. The average Bonchev–Trinajstić information content (AvgIpc) is 2.60. The smallest absolute Gasteiger partial charge is 0.161 e. The van der Waals surface area contributed by atoms with Crippen LogP contribution in [0.5, 0.6) is 11.5 Å². The van der Waals surface area contributed by atoms with E-state index in [2.05, 4.69) is 11.5 Å². The van der Waals surface area contributed by atoms with Crippen molar-refractivity contribution in [2.24, 2.45) is 0 Å². The number of rotatable bonds is 11. The number of ether oxygens (including phenoxy) is 2. The first-order chi connectivity index (χ1) is 12.0. The summed E-state index contributed by atoms with van der Waals surface area (Å²) in [6.07, 6.45) is 6.58. The summed E-state index contributed by atoms with van der Waals surface area (Å²) in [5.41, 5.74) is 2.87. The van der Waals surface area contributed by atoms with Gasteiger partial charge in [0.25, 0.3) is 0 Å². The Hall–Kier alpha value is -2.08. The van der Waals surface area contributed by atoms with Crippen molar-refractivity contribution in [3.8, 4) is 11.5 Å². The third kappa shape index (κ3) is 7.56. The van der Waals surface area contributed by atoms with Crippen LogP contribution < -0.4 is 9.47 Å². The van der Waals surface area contributed by atoms with Crippen molar-refractivity contribution >= 4 is 6.08 Å². The first-order valence-corrected chi connectivity index (χ1v) is 8.21. The van der Waals surface area contributed by atoms with Crippen molar-refractivity contribution < 1.29 is 24.7 Å². The molecule has 0 saturated carbocycles. The minimum Gasteiger partial charge on any atom is -0.493 e. The molecule has 0 aliphatic carbocycles. The summed E-state index contributed by atoms with van der Waals surface area (Å²) in [4.78, 5) is 4.41. The Morgan fingerprint density at radius 2 is 2.04 bits per heavy atom. The summed E-state index contributed by atoms with van der Waals surface area (Å²) in [7, 11) is 1.59. The Morgan fingerprint density at radius 3 is 2.64 bits per heavy atom. The van der Waals surface area contributed by atoms with Crippen LogP contribution in [-0.4, -0.2) is 36.8 Å². The van der Waals surface area contributed by atoms with Gasteiger partial charge < -0.3 is 14.6 Å². The highest BCUT2D eigenvalue weighted by Crippen LogP contribution is 2.28. The molecule has 0 aliphatic heterocycles. The standard InChI is InChI=1S/C20H28O5/c1-15(2)18(25-22)9-7-16(3)11-13-24-19-10-8-17(6-5-12-21)14-20(19)23-4/h5-6,8,10-11,14,18,21-22H,1,7,9,12-13H2,2-4H3/b6-5+,16-11+. The quantitative estimate of drug-likeness (QED) is 0.356. The molecule has 138 valence electrons. The van der Waals surface area contributed by atoms with Crippen LogP contribution in [-0.2, 0) is 4.89 Å². The van der Waals surface area contributed by atoms with Crippen molar-refractivity contribution in [3.63, 3.8) is 0 Å². The highest BCUT2D eigenvalue weighted by molar-refractivity contribution is 5.55. The molecule has 0 heterocycles. The predicted molar refractivity (Wildman–Crippen MR) is 99.9 cm³/mol. The molecule has 0 aliphatic rings. The van der Waals surface area contributed by atoms with Crippen molar-refractivity contribution in [2.75, 3.05) is 20.3 Å². The second-order valence-electron chi connectivity index (χ2n) is 5.84. The topological polar surface area (TPSA) is 68.2 Å². The molecule has 25 heavy (non-hydrogen) atoms. The SMILES string of the molecule is C=C(C)C(CC/C(C)=C/COc1ccc(/C=C/CO)cc1OC)OO. The van der Waals surface area contributed by atoms with Crippen LogP contribution in [0.15, 0.2) is 48.1 Å². The third-order valence-electron chi connectivity index (χ3n) is 3.75. The van der Waals surface area contributed by atoms with Crippen LogP contribution in [0.4, 0.5) is 0 Å². The van der Waals surface area contributed by atoms with E-state index in [1.54, 1.807) is 13.2 Å². The Balaban J connectivity index is 2.59. The third-order valence-corrected chi connectivity index (χ3v) is 3.75. The van der Waals surface area contributed by atoms with E-state index in [1.165, 1.54) is 0 Å². The van der Waals surface area contributed by atoms with Gasteiger partial charge in [-0.1, -0.05) is 30.4 Å². The van der Waals surface area contributed by atoms with Crippen molar-refractivity contribution in [1.82, 2.24) is 0 Å². The molecule has 0 spiro atoms. The fraction of sp³-hybridized carbons (Fsp3) is 0.400. The Kier molecular flexibility index (Phi) is 9.62. The molecule has 0 amide bonds. The number of hydrogen-bond donors (Lipinski definition) is 2. The predicted octanol–water partition coefficient (Wildman–Crippen LogP) is 4.24. The summed E-state index contributed by atoms with van der Waals surface area (Å²) in [6.45, 7) is 8.05. The molecule has 1 rings (SSSR count). The molecule has 0 aromatic heterocycles. The molecule has 0 bridgehead atoms. The van der Waals surface area contributed by atoms with Gasteiger partial charge in [0.15, 0.2) is 11.5 Å². The van der Waals surface area contributed by atoms with Gasteiger partial charge in [0.05, 0.1) is 13.7 Å². The lowest BCUT2D eigenvalue weighted by Crippen LogP contribution is -2.11. The first-order valence-electron chi connectivity index (χ1n) is 8.21. The molecule has 1 aromatic carbocycles. The highest BCUT2D eigenvalue weighted by Gasteiger charge is 2.09. The fourth-order valence-corrected chi connectivity index (χ4v) is 2.22. The van der Waals surface area contributed by atoms with E-state index in [-0.39, 0.29) is 12.7 Å². The number of allylic oxidation sites excluding steroid dienone is 1. The van der Waals surface area contributed by atoms with E-state index in [4.69, 9.17) is 19.8 Å². The van der Waals surface area contributed by atoms with Gasteiger partial charge in [-0.05, 0) is 56.0 Å². The molecule has 1 aromatic rings. The van der Waals surface area contributed by atoms with Gasteiger partial charge in [0, 0.05) is 0 Å². The van der Waals surface area contributed by atoms with Crippen LogP contribution in [0.2, 0.25) is 0 Å². The van der Waals surface area contributed by atoms with E-state index >= 15 is 0 Å². The van der Waals surface area contributed by atoms with Crippen molar-refractivity contribution in [2.45, 2.75) is 32.8 Å². The summed E-state index contributed by atoms with van der Waals surface area (Å²) in [6, 6.07) is 5.60. The molecule has 5 heteroatoms. The monoisotopic (exact) mass is 348 g/mol. The second-order valence-corrected chi connectivity index (χ2v) is 5.84. The van der Waals surface area contributed by atoms with Gasteiger partial charge in [0.1, 0.15) is 12.7 Å². The molecule has 2 N–H and O–H groups in total. The van der Waals surface area contributed by atoms with Gasteiger partial charge in [-0.2, -0.15) is 0 Å². The number of methoxy groups -OCH3 is 1. The van der Waals surface area contributed by atoms with E-state index < -0.39 is 0 Å². The first kappa shape index (κ1) is 21.0. The lowest BCUT2D eigenvalue weighted by Gasteiger charge is -2.13. The van der Waals surface area contributed by atoms with E-state index in [9.17, 15) is 0 Å². The van der Waals surface area contributed by atoms with Crippen molar-refractivity contribution in [3.05, 3.63) is 53.6 Å². The van der Waals surface area contributed by atoms with Gasteiger partial charge >= 0.3 is 0 Å². The normalized spacial score (nSPS) is 13.1. The Labute approximate surface area is 149 Å². The number of aliphatic hydroxyl groups excluding tert-OH is 1. The number of aliphatic hydroxyl groups is 1. The van der Waals surface area contributed by atoms with E-state index in [1.807, 2.05) is 44.2 Å². The van der Waals surface area contributed by atoms with Gasteiger partial charge in [-0.3, -0.25) is 5.26 Å². The van der Waals surface area contributed by atoms with E-state index in [0.29, 0.717) is 24.5 Å². The molecule has 5 nitrogen and oxygen atoms in total. The molecular weight excluding hydrogens is 320 g/mol. The lowest BCUT2D eigenvalue weighted by atomic mass is 10.0. The van der Waals surface area contributed by atoms with Gasteiger partial charge in [-0.25, -0.2) is 4.89 Å². The minimum atomic E-state index is -0.344. The summed E-state index contributed by atoms with van der Waals surface area (Å²) < 4.78 is 11.1. The minimum absolute atomic E-state index is 0.00179. The highest BCUT2D eigenvalue weighted by atomic mass is 17.1. The summed E-state index contributed by atoms with van der Waals surface area (Å²) in [5, 5.41) is 17.7. The molecule has 0 saturated heterocycles. The van der Waals surface area contributed by atoms with Crippen LogP contribution in [0.1, 0.15) is 32.3 Å². The zero-order valence-corrected chi connectivity index (χ0v) is 15.2. The maximum atomic E-state index is 8.83. The Bertz CT molecular complexity index is 604.